The summed E-state index contributed by atoms with van der Waals surface area (Å²) in [5.74, 6) is 3.80. The van der Waals surface area contributed by atoms with Crippen LogP contribution in [0.5, 0.6) is 0 Å². The van der Waals surface area contributed by atoms with Gasteiger partial charge in [0.25, 0.3) is 0 Å². The molecule has 10 aromatic rings. The smallest absolute Gasteiger partial charge is 0.164 e. The number of hydrogen-bond acceptors (Lipinski definition) is 7. The Morgan fingerprint density at radius 3 is 1.13 bits per heavy atom. The van der Waals surface area contributed by atoms with Crippen LogP contribution in [0.25, 0.3) is 99.6 Å². The lowest BCUT2D eigenvalue weighted by Crippen LogP contribution is -2.00. The van der Waals surface area contributed by atoms with Crippen molar-refractivity contribution < 1.29 is 0 Å². The van der Waals surface area contributed by atoms with E-state index in [4.69, 9.17) is 29.9 Å². The maximum atomic E-state index is 5.08. The molecular weight excluding hydrogens is 693 g/mol. The van der Waals surface area contributed by atoms with Crippen LogP contribution in [-0.2, 0) is 0 Å². The van der Waals surface area contributed by atoms with Crippen molar-refractivity contribution in [2.24, 2.45) is 0 Å². The Morgan fingerprint density at radius 1 is 0.236 bits per heavy atom. The largest absolute Gasteiger partial charge is 0.208 e. The second-order valence-electron chi connectivity index (χ2n) is 13.2. The van der Waals surface area contributed by atoms with Gasteiger partial charge in [0.1, 0.15) is 0 Å². The molecule has 3 heterocycles. The zero-order valence-corrected chi connectivity index (χ0v) is 30.2. The van der Waals surface area contributed by atoms with Gasteiger partial charge in [0.2, 0.25) is 0 Å². The van der Waals surface area contributed by atoms with Gasteiger partial charge in [-0.25, -0.2) is 29.9 Å². The molecule has 0 atom stereocenters. The lowest BCUT2D eigenvalue weighted by Gasteiger charge is -2.10. The number of thiophene rings is 1. The first-order valence-corrected chi connectivity index (χ1v) is 18.8. The summed E-state index contributed by atoms with van der Waals surface area (Å²) in [6.45, 7) is 0. The number of benzene rings is 7. The third-order valence-corrected chi connectivity index (χ3v) is 10.7. The minimum absolute atomic E-state index is 0.626. The number of rotatable bonds is 7. The topological polar surface area (TPSA) is 77.3 Å². The number of fused-ring (bicyclic) bond motifs is 3. The summed E-state index contributed by atoms with van der Waals surface area (Å²) >= 11 is 1.75. The highest BCUT2D eigenvalue weighted by atomic mass is 32.1. The number of aromatic nitrogens is 6. The molecule has 0 N–H and O–H groups in total. The summed E-state index contributed by atoms with van der Waals surface area (Å²) in [6, 6.07) is 61.9. The standard InChI is InChI=1S/C48H30N6S/c1-5-14-31(15-6-1)35-22-13-23-36(28-35)46-50-45(34-20-11-4-12-21-34)53-48(54-46)38-24-26-39-40-29-37(25-27-41(40)55-42(39)30-38)47-51-43(32-16-7-2-8-17-32)49-44(52-47)33-18-9-3-10-19-33/h1-30H. The molecule has 55 heavy (non-hydrogen) atoms. The molecule has 0 amide bonds. The van der Waals surface area contributed by atoms with E-state index in [-0.39, 0.29) is 0 Å². The second kappa shape index (κ2) is 14.0. The molecule has 0 bridgehead atoms. The van der Waals surface area contributed by atoms with Crippen LogP contribution in [0.3, 0.4) is 0 Å². The molecule has 3 aromatic heterocycles. The Bertz CT molecular complexity index is 2910. The third-order valence-electron chi connectivity index (χ3n) is 9.58. The van der Waals surface area contributed by atoms with E-state index in [0.29, 0.717) is 34.9 Å². The minimum Gasteiger partial charge on any atom is -0.208 e. The van der Waals surface area contributed by atoms with E-state index in [0.717, 1.165) is 60.0 Å². The molecule has 0 aliphatic heterocycles. The molecular formula is C48H30N6S. The van der Waals surface area contributed by atoms with Gasteiger partial charge in [-0.3, -0.25) is 0 Å². The Balaban J connectivity index is 1.07. The molecule has 0 saturated carbocycles. The first-order valence-electron chi connectivity index (χ1n) is 18.0. The Hall–Kier alpha value is -7.22. The third kappa shape index (κ3) is 6.43. The fourth-order valence-corrected chi connectivity index (χ4v) is 7.94. The van der Waals surface area contributed by atoms with Gasteiger partial charge in [-0.1, -0.05) is 152 Å². The van der Waals surface area contributed by atoms with Crippen LogP contribution in [0.4, 0.5) is 0 Å². The fraction of sp³-hybridized carbons (Fsp3) is 0. The first-order chi connectivity index (χ1) is 27.2. The van der Waals surface area contributed by atoms with Gasteiger partial charge in [-0.2, -0.15) is 0 Å². The molecule has 0 radical (unpaired) electrons. The first kappa shape index (κ1) is 32.4. The predicted octanol–water partition coefficient (Wildman–Crippen LogP) is 12.1. The SMILES string of the molecule is c1ccc(-c2cccc(-c3nc(-c4ccccc4)nc(-c4ccc5c(c4)sc4ccc(-c6nc(-c7ccccc7)nc(-c7ccccc7)n6)cc45)n3)c2)cc1. The van der Waals surface area contributed by atoms with Crippen molar-refractivity contribution in [3.63, 3.8) is 0 Å². The maximum Gasteiger partial charge on any atom is 0.164 e. The molecule has 10 rings (SSSR count). The van der Waals surface area contributed by atoms with Crippen molar-refractivity contribution in [1.82, 2.24) is 29.9 Å². The van der Waals surface area contributed by atoms with E-state index in [2.05, 4.69) is 84.9 Å². The summed E-state index contributed by atoms with van der Waals surface area (Å²) in [6.07, 6.45) is 0. The zero-order valence-electron chi connectivity index (χ0n) is 29.4. The van der Waals surface area contributed by atoms with Crippen molar-refractivity contribution in [3.8, 4) is 79.5 Å². The molecule has 0 spiro atoms. The van der Waals surface area contributed by atoms with Crippen LogP contribution >= 0.6 is 11.3 Å². The summed E-state index contributed by atoms with van der Waals surface area (Å²) in [5, 5.41) is 2.30. The van der Waals surface area contributed by atoms with E-state index >= 15 is 0 Å². The van der Waals surface area contributed by atoms with Crippen molar-refractivity contribution in [2.75, 3.05) is 0 Å². The highest BCUT2D eigenvalue weighted by Crippen LogP contribution is 2.38. The molecule has 0 aliphatic rings. The molecule has 7 heteroatoms. The summed E-state index contributed by atoms with van der Waals surface area (Å²) < 4.78 is 2.32. The lowest BCUT2D eigenvalue weighted by molar-refractivity contribution is 1.07. The van der Waals surface area contributed by atoms with Crippen molar-refractivity contribution in [2.45, 2.75) is 0 Å². The molecule has 7 aromatic carbocycles. The van der Waals surface area contributed by atoms with Gasteiger partial charge in [0.05, 0.1) is 0 Å². The fourth-order valence-electron chi connectivity index (χ4n) is 6.81. The van der Waals surface area contributed by atoms with Crippen LogP contribution in [-0.4, -0.2) is 29.9 Å². The number of nitrogens with zero attached hydrogens (tertiary/aromatic N) is 6. The number of hydrogen-bond donors (Lipinski definition) is 0. The van der Waals surface area contributed by atoms with Gasteiger partial charge in [0, 0.05) is 53.6 Å². The van der Waals surface area contributed by atoms with Crippen molar-refractivity contribution in [1.29, 1.82) is 0 Å². The highest BCUT2D eigenvalue weighted by molar-refractivity contribution is 7.25. The van der Waals surface area contributed by atoms with Gasteiger partial charge in [-0.05, 0) is 41.5 Å². The Kier molecular flexibility index (Phi) is 8.24. The van der Waals surface area contributed by atoms with E-state index < -0.39 is 0 Å². The van der Waals surface area contributed by atoms with Gasteiger partial charge in [-0.15, -0.1) is 11.3 Å². The average Bonchev–Trinajstić information content (AvgIpc) is 3.64. The van der Waals surface area contributed by atoms with E-state index in [1.54, 1.807) is 11.3 Å². The van der Waals surface area contributed by atoms with Crippen LogP contribution in [0, 0.1) is 0 Å². The van der Waals surface area contributed by atoms with Crippen LogP contribution in [0.15, 0.2) is 182 Å². The average molecular weight is 723 g/mol. The monoisotopic (exact) mass is 722 g/mol. The quantitative estimate of drug-likeness (QED) is 0.163. The van der Waals surface area contributed by atoms with Crippen molar-refractivity contribution >= 4 is 31.5 Å². The van der Waals surface area contributed by atoms with Gasteiger partial charge >= 0.3 is 0 Å². The zero-order chi connectivity index (χ0) is 36.6. The molecule has 0 fully saturated rings. The Morgan fingerprint density at radius 2 is 0.618 bits per heavy atom. The normalized spacial score (nSPS) is 11.3. The molecule has 0 unspecified atom stereocenters. The van der Waals surface area contributed by atoms with Crippen LogP contribution in [0.2, 0.25) is 0 Å². The lowest BCUT2D eigenvalue weighted by atomic mass is 10.0. The summed E-state index contributed by atoms with van der Waals surface area (Å²) in [7, 11) is 0. The van der Waals surface area contributed by atoms with Gasteiger partial charge < -0.3 is 0 Å². The van der Waals surface area contributed by atoms with E-state index in [9.17, 15) is 0 Å². The molecule has 0 saturated heterocycles. The molecule has 258 valence electrons. The predicted molar refractivity (Wildman–Crippen MR) is 224 cm³/mol. The summed E-state index contributed by atoms with van der Waals surface area (Å²) in [5.41, 5.74) is 7.86. The van der Waals surface area contributed by atoms with Gasteiger partial charge in [0.15, 0.2) is 34.9 Å². The molecule has 0 aliphatic carbocycles. The van der Waals surface area contributed by atoms with E-state index in [1.165, 1.54) is 4.70 Å². The summed E-state index contributed by atoms with van der Waals surface area (Å²) in [4.78, 5) is 29.9. The minimum atomic E-state index is 0.626. The van der Waals surface area contributed by atoms with Crippen molar-refractivity contribution in [3.05, 3.63) is 182 Å². The van der Waals surface area contributed by atoms with Crippen LogP contribution < -0.4 is 0 Å². The highest BCUT2D eigenvalue weighted by Gasteiger charge is 2.17. The maximum absolute atomic E-state index is 5.08. The Labute approximate surface area is 321 Å². The van der Waals surface area contributed by atoms with Crippen LogP contribution in [0.1, 0.15) is 0 Å². The molecule has 6 nitrogen and oxygen atoms in total. The second-order valence-corrected chi connectivity index (χ2v) is 14.3. The van der Waals surface area contributed by atoms with E-state index in [1.807, 2.05) is 97.1 Å².